The molecule has 32 heavy (non-hydrogen) atoms. The molecule has 2 aliphatic heterocycles. The fourth-order valence-electron chi connectivity index (χ4n) is 4.85. The number of fused-ring (bicyclic) bond motifs is 4. The summed E-state index contributed by atoms with van der Waals surface area (Å²) in [5.74, 6) is -0.578. The Labute approximate surface area is 186 Å². The third-order valence-corrected chi connectivity index (χ3v) is 6.71. The lowest BCUT2D eigenvalue weighted by atomic mass is 9.93. The highest BCUT2D eigenvalue weighted by Crippen LogP contribution is 2.42. The largest absolute Gasteiger partial charge is 0.356 e. The maximum atomic E-state index is 13.5. The Hall–Kier alpha value is -3.61. The third kappa shape index (κ3) is 2.92. The van der Waals surface area contributed by atoms with Gasteiger partial charge in [-0.2, -0.15) is 0 Å². The average Bonchev–Trinajstić information content (AvgIpc) is 3.29. The molecular weight excluding hydrogens is 404 g/mol. The van der Waals surface area contributed by atoms with E-state index in [0.29, 0.717) is 17.7 Å². The molecule has 0 saturated carbocycles. The summed E-state index contributed by atoms with van der Waals surface area (Å²) in [4.78, 5) is 46.2. The zero-order valence-corrected chi connectivity index (χ0v) is 18.4. The molecule has 2 N–H and O–H groups in total. The Kier molecular flexibility index (Phi) is 4.77. The molecular formula is C25H26N4O3. The Morgan fingerprint density at radius 3 is 2.66 bits per heavy atom. The number of anilines is 1. The van der Waals surface area contributed by atoms with Crippen LogP contribution in [0.1, 0.15) is 54.8 Å². The number of imide groups is 1. The van der Waals surface area contributed by atoms with E-state index in [1.165, 1.54) is 4.90 Å². The van der Waals surface area contributed by atoms with E-state index in [-0.39, 0.29) is 29.9 Å². The number of benzene rings is 2. The summed E-state index contributed by atoms with van der Waals surface area (Å²) < 4.78 is 0. The second-order valence-corrected chi connectivity index (χ2v) is 8.62. The Bertz CT molecular complexity index is 1250. The predicted octanol–water partition coefficient (Wildman–Crippen LogP) is 4.15. The first-order valence-electron chi connectivity index (χ1n) is 11.1. The fraction of sp³-hybridized carbons (Fsp3) is 0.320. The summed E-state index contributed by atoms with van der Waals surface area (Å²) in [6.07, 6.45) is 1.24. The SMILES string of the molecule is CC[C@@H](C)NC(=O)c1ccccc1N1C(=O)[C@@H]2Cc3c([nH]c4ccccc34)[C@@H](C)N2C1=O. The van der Waals surface area contributed by atoms with Crippen LogP contribution in [0.25, 0.3) is 10.9 Å². The van der Waals surface area contributed by atoms with Crippen molar-refractivity contribution >= 4 is 34.4 Å². The Morgan fingerprint density at radius 1 is 1.16 bits per heavy atom. The number of para-hydroxylation sites is 2. The van der Waals surface area contributed by atoms with Crippen LogP contribution in [0.3, 0.4) is 0 Å². The van der Waals surface area contributed by atoms with E-state index in [1.807, 2.05) is 45.0 Å². The van der Waals surface area contributed by atoms with E-state index in [9.17, 15) is 14.4 Å². The Balaban J connectivity index is 1.53. The van der Waals surface area contributed by atoms with Crippen molar-refractivity contribution in [3.63, 3.8) is 0 Å². The molecule has 7 heteroatoms. The molecule has 164 valence electrons. The molecule has 0 radical (unpaired) electrons. The van der Waals surface area contributed by atoms with Crippen molar-refractivity contribution in [1.82, 2.24) is 15.2 Å². The number of urea groups is 1. The Morgan fingerprint density at radius 2 is 1.88 bits per heavy atom. The lowest BCUT2D eigenvalue weighted by Gasteiger charge is -2.33. The number of nitrogens with one attached hydrogen (secondary N) is 2. The predicted molar refractivity (Wildman–Crippen MR) is 123 cm³/mol. The van der Waals surface area contributed by atoms with Gasteiger partial charge in [-0.25, -0.2) is 9.69 Å². The van der Waals surface area contributed by atoms with Crippen molar-refractivity contribution < 1.29 is 14.4 Å². The number of nitrogens with zero attached hydrogens (tertiary/aromatic N) is 2. The monoisotopic (exact) mass is 430 g/mol. The second-order valence-electron chi connectivity index (χ2n) is 8.62. The molecule has 0 spiro atoms. The highest BCUT2D eigenvalue weighted by atomic mass is 16.2. The molecule has 4 amide bonds. The van der Waals surface area contributed by atoms with Crippen LogP contribution in [0, 0.1) is 0 Å². The van der Waals surface area contributed by atoms with Crippen LogP contribution < -0.4 is 10.2 Å². The van der Waals surface area contributed by atoms with Gasteiger partial charge in [0.1, 0.15) is 6.04 Å². The van der Waals surface area contributed by atoms with Crippen LogP contribution in [-0.4, -0.2) is 39.8 Å². The van der Waals surface area contributed by atoms with Gasteiger partial charge in [0.15, 0.2) is 0 Å². The first kappa shape index (κ1) is 20.3. The molecule has 2 aliphatic rings. The quantitative estimate of drug-likeness (QED) is 0.610. The number of hydrogen-bond donors (Lipinski definition) is 2. The fourth-order valence-corrected chi connectivity index (χ4v) is 4.85. The van der Waals surface area contributed by atoms with Crippen LogP contribution in [0.2, 0.25) is 0 Å². The van der Waals surface area contributed by atoms with Crippen molar-refractivity contribution in [2.24, 2.45) is 0 Å². The standard InChI is InChI=1S/C25H26N4O3/c1-4-14(2)26-23(30)17-10-6-8-12-20(17)29-24(31)21-13-18-16-9-5-7-11-19(16)27-22(18)15(3)28(21)25(29)32/h5-12,14-15,21,27H,4,13H2,1-3H3,(H,26,30)/t14-,15-,21+/m1/s1. The number of H-pyrrole nitrogens is 1. The molecule has 3 atom stereocenters. The molecule has 1 saturated heterocycles. The number of hydrogen-bond acceptors (Lipinski definition) is 3. The number of carbonyl (C=O) groups excluding carboxylic acids is 3. The summed E-state index contributed by atoms with van der Waals surface area (Å²) in [5, 5.41) is 4.02. The molecule has 3 heterocycles. The highest BCUT2D eigenvalue weighted by Gasteiger charge is 2.52. The topological polar surface area (TPSA) is 85.5 Å². The molecule has 3 aromatic rings. The second kappa shape index (κ2) is 7.51. The van der Waals surface area contributed by atoms with Crippen LogP contribution in [-0.2, 0) is 11.2 Å². The minimum absolute atomic E-state index is 0.00907. The van der Waals surface area contributed by atoms with Gasteiger partial charge in [-0.15, -0.1) is 0 Å². The van der Waals surface area contributed by atoms with Gasteiger partial charge in [-0.3, -0.25) is 9.59 Å². The van der Waals surface area contributed by atoms with Gasteiger partial charge < -0.3 is 15.2 Å². The van der Waals surface area contributed by atoms with Crippen LogP contribution in [0.5, 0.6) is 0 Å². The molecule has 7 nitrogen and oxygen atoms in total. The molecule has 2 aromatic carbocycles. The summed E-state index contributed by atoms with van der Waals surface area (Å²) in [6, 6.07) is 13.5. The van der Waals surface area contributed by atoms with Crippen LogP contribution >= 0.6 is 0 Å². The number of aromatic nitrogens is 1. The lowest BCUT2D eigenvalue weighted by Crippen LogP contribution is -2.42. The minimum Gasteiger partial charge on any atom is -0.356 e. The number of aromatic amines is 1. The molecule has 0 unspecified atom stereocenters. The van der Waals surface area contributed by atoms with Crippen molar-refractivity contribution in [2.45, 2.75) is 51.7 Å². The zero-order chi connectivity index (χ0) is 22.6. The van der Waals surface area contributed by atoms with Gasteiger partial charge in [-0.05, 0) is 44.0 Å². The molecule has 0 aliphatic carbocycles. The van der Waals surface area contributed by atoms with Gasteiger partial charge in [0.25, 0.3) is 11.8 Å². The van der Waals surface area contributed by atoms with Gasteiger partial charge in [0, 0.05) is 29.1 Å². The van der Waals surface area contributed by atoms with E-state index in [0.717, 1.165) is 28.6 Å². The van der Waals surface area contributed by atoms with E-state index in [4.69, 9.17) is 0 Å². The number of carbonyl (C=O) groups is 3. The van der Waals surface area contributed by atoms with E-state index >= 15 is 0 Å². The van der Waals surface area contributed by atoms with Gasteiger partial charge >= 0.3 is 6.03 Å². The first-order valence-corrected chi connectivity index (χ1v) is 11.1. The zero-order valence-electron chi connectivity index (χ0n) is 18.4. The average molecular weight is 431 g/mol. The van der Waals surface area contributed by atoms with Crippen LogP contribution in [0.15, 0.2) is 48.5 Å². The van der Waals surface area contributed by atoms with Crippen molar-refractivity contribution in [1.29, 1.82) is 0 Å². The summed E-state index contributed by atoms with van der Waals surface area (Å²) in [5.41, 5.74) is 3.71. The van der Waals surface area contributed by atoms with E-state index in [2.05, 4.69) is 10.3 Å². The molecule has 1 fully saturated rings. The van der Waals surface area contributed by atoms with E-state index in [1.54, 1.807) is 29.2 Å². The first-order chi connectivity index (χ1) is 15.4. The smallest absolute Gasteiger partial charge is 0.332 e. The summed E-state index contributed by atoms with van der Waals surface area (Å²) in [7, 11) is 0. The van der Waals surface area contributed by atoms with Crippen molar-refractivity contribution in [2.75, 3.05) is 4.90 Å². The minimum atomic E-state index is -0.588. The van der Waals surface area contributed by atoms with E-state index < -0.39 is 6.04 Å². The third-order valence-electron chi connectivity index (χ3n) is 6.71. The molecule has 1 aromatic heterocycles. The van der Waals surface area contributed by atoms with Gasteiger partial charge in [0.2, 0.25) is 0 Å². The maximum absolute atomic E-state index is 13.5. The van der Waals surface area contributed by atoms with Crippen LogP contribution in [0.4, 0.5) is 10.5 Å². The number of amides is 4. The normalized spacial score (nSPS) is 21.0. The van der Waals surface area contributed by atoms with Crippen molar-refractivity contribution in [3.8, 4) is 0 Å². The maximum Gasteiger partial charge on any atom is 0.332 e. The van der Waals surface area contributed by atoms with Gasteiger partial charge in [0.05, 0.1) is 17.3 Å². The number of rotatable bonds is 4. The van der Waals surface area contributed by atoms with Gasteiger partial charge in [-0.1, -0.05) is 37.3 Å². The molecule has 0 bridgehead atoms. The summed E-state index contributed by atoms with van der Waals surface area (Å²) >= 11 is 0. The van der Waals surface area contributed by atoms with Crippen molar-refractivity contribution in [3.05, 3.63) is 65.4 Å². The lowest BCUT2D eigenvalue weighted by molar-refractivity contribution is -0.120. The summed E-state index contributed by atoms with van der Waals surface area (Å²) in [6.45, 7) is 5.85. The molecule has 5 rings (SSSR count). The highest BCUT2D eigenvalue weighted by molar-refractivity contribution is 6.24.